The van der Waals surface area contributed by atoms with E-state index in [1.54, 1.807) is 25.4 Å². The summed E-state index contributed by atoms with van der Waals surface area (Å²) in [7, 11) is -3.16. The third-order valence-electron chi connectivity index (χ3n) is 17.1. The Hall–Kier alpha value is -7.20. The van der Waals surface area contributed by atoms with E-state index in [0.717, 1.165) is 82.2 Å². The second kappa shape index (κ2) is 21.8. The summed E-state index contributed by atoms with van der Waals surface area (Å²) < 4.78 is 58.7. The van der Waals surface area contributed by atoms with Crippen molar-refractivity contribution in [2.24, 2.45) is 5.41 Å². The minimum atomic E-state index is -4.86. The number of sulfonamides is 1. The number of fused-ring (bicyclic) bond motifs is 2. The van der Waals surface area contributed by atoms with Crippen molar-refractivity contribution in [1.29, 1.82) is 0 Å². The van der Waals surface area contributed by atoms with Gasteiger partial charge in [-0.05, 0) is 105 Å². The van der Waals surface area contributed by atoms with Gasteiger partial charge in [0.2, 0.25) is 0 Å². The molecule has 1 saturated carbocycles. The number of nitrogens with zero attached hydrogens (tertiary/aromatic N) is 8. The molecule has 3 saturated heterocycles. The molecule has 1 aliphatic carbocycles. The maximum Gasteiger partial charge on any atom is 0.296 e. The summed E-state index contributed by atoms with van der Waals surface area (Å²) in [5.74, 6) is 1.07. The van der Waals surface area contributed by atoms with Crippen LogP contribution in [0.3, 0.4) is 0 Å². The maximum atomic E-state index is 16.1. The number of amides is 1. The summed E-state index contributed by atoms with van der Waals surface area (Å²) >= 11 is 0. The lowest BCUT2D eigenvalue weighted by molar-refractivity contribution is -0.384. The lowest BCUT2D eigenvalue weighted by atomic mass is 9.59. The minimum absolute atomic E-state index is 0.0233. The fourth-order valence-electron chi connectivity index (χ4n) is 12.5. The van der Waals surface area contributed by atoms with E-state index in [4.69, 9.17) is 14.5 Å². The largest absolute Gasteiger partial charge is 0.497 e. The Balaban J connectivity index is 0.803. The quantitative estimate of drug-likeness (QED) is 0.0493. The normalized spacial score (nSPS) is 19.3. The number of hydrogen-bond acceptors (Lipinski definition) is 15. The number of nitro groups is 1. The van der Waals surface area contributed by atoms with Crippen molar-refractivity contribution in [2.75, 3.05) is 69.7 Å². The number of rotatable bonds is 17. The van der Waals surface area contributed by atoms with Gasteiger partial charge in [0.05, 0.1) is 30.1 Å². The summed E-state index contributed by atoms with van der Waals surface area (Å²) in [5.41, 5.74) is 2.10. The molecule has 416 valence electrons. The van der Waals surface area contributed by atoms with Crippen molar-refractivity contribution in [1.82, 2.24) is 44.3 Å². The first kappa shape index (κ1) is 53.8. The Kier molecular flexibility index (Phi) is 14.8. The average molecular weight is 1100 g/mol. The number of nitro benzene ring substituents is 1. The van der Waals surface area contributed by atoms with Gasteiger partial charge in [-0.15, -0.1) is 0 Å². The van der Waals surface area contributed by atoms with Gasteiger partial charge in [0, 0.05) is 107 Å². The smallest absolute Gasteiger partial charge is 0.296 e. The number of carbonyl (C=O) groups is 1. The first-order valence-electron chi connectivity index (χ1n) is 27.4. The topological polar surface area (TPSA) is 220 Å². The van der Waals surface area contributed by atoms with Crippen LogP contribution in [0.5, 0.6) is 17.2 Å². The second-order valence-electron chi connectivity index (χ2n) is 22.6. The van der Waals surface area contributed by atoms with Crippen LogP contribution in [0.2, 0.25) is 0 Å². The van der Waals surface area contributed by atoms with E-state index in [1.807, 2.05) is 32.0 Å². The van der Waals surface area contributed by atoms with E-state index in [-0.39, 0.29) is 64.9 Å². The van der Waals surface area contributed by atoms with Crippen molar-refractivity contribution < 1.29 is 32.0 Å². The summed E-state index contributed by atoms with van der Waals surface area (Å²) in [6, 6.07) is 24.4. The van der Waals surface area contributed by atoms with Crippen LogP contribution in [0.25, 0.3) is 22.1 Å². The summed E-state index contributed by atoms with van der Waals surface area (Å²) in [6.45, 7) is 14.7. The molecule has 4 aliphatic rings. The number of aromatic nitrogens is 5. The fraction of sp³-hybridized carbons (Fsp3) is 0.448. The van der Waals surface area contributed by atoms with Crippen LogP contribution >= 0.6 is 0 Å². The molecule has 4 N–H and O–H groups in total. The SMILES string of the molecule is COc1ccc(CN2CCN(C3CC4(CCN(c5cc(Oc6cnc7[nH]ccc7c6)c(C(=O)NS(=O)(=O)c6cc([N+](=O)[O-])c(NCC7(F)CCN(C(C)C)CC7)c7[nH]cnc67)cn5)CC4)C3)C(c3ccccc3C(C)C)C2)cc1. The Labute approximate surface area is 459 Å². The van der Waals surface area contributed by atoms with E-state index >= 15 is 4.39 Å². The number of ether oxygens (including phenoxy) is 2. The molecule has 4 aromatic heterocycles. The number of methoxy groups -OCH3 is 1. The molecule has 1 atom stereocenters. The van der Waals surface area contributed by atoms with E-state index < -0.39 is 37.1 Å². The summed E-state index contributed by atoms with van der Waals surface area (Å²) in [4.78, 5) is 54.6. The molecule has 0 radical (unpaired) electrons. The first-order chi connectivity index (χ1) is 38.0. The molecular weight excluding hydrogens is 1030 g/mol. The average Bonchev–Trinajstić information content (AvgIpc) is 4.26. The molecule has 7 aromatic rings. The number of benzene rings is 3. The molecule has 1 unspecified atom stereocenters. The van der Waals surface area contributed by atoms with Gasteiger partial charge in [-0.1, -0.05) is 50.2 Å². The van der Waals surface area contributed by atoms with Crippen LogP contribution in [0, 0.1) is 15.5 Å². The van der Waals surface area contributed by atoms with Crippen LogP contribution in [-0.4, -0.2) is 136 Å². The zero-order valence-corrected chi connectivity index (χ0v) is 46.2. The van der Waals surface area contributed by atoms with Gasteiger partial charge in [0.15, 0.2) is 0 Å². The molecule has 19 nitrogen and oxygen atoms in total. The molecule has 1 amide bonds. The van der Waals surface area contributed by atoms with E-state index in [9.17, 15) is 23.3 Å². The van der Waals surface area contributed by atoms with Gasteiger partial charge in [-0.2, -0.15) is 0 Å². The van der Waals surface area contributed by atoms with E-state index in [0.29, 0.717) is 42.3 Å². The van der Waals surface area contributed by atoms with Crippen molar-refractivity contribution in [3.05, 3.63) is 130 Å². The summed E-state index contributed by atoms with van der Waals surface area (Å²) in [6.07, 6.45) is 10.3. The molecule has 7 heterocycles. The van der Waals surface area contributed by atoms with Crippen molar-refractivity contribution in [2.45, 2.75) is 107 Å². The van der Waals surface area contributed by atoms with Crippen LogP contribution in [0.15, 0.2) is 103 Å². The standard InChI is InChI=1S/C58H69FN12O7S/c1-37(2)44-8-6-7-9-45(44)48-34-67(33-39-10-12-42(77-5)13-11-39)24-25-70(48)41-29-57(30-41)15-20-69(21-16-57)51-28-49(78-43-26-40-14-19-60-55(40)62-31-43)46(32-61-51)56(72)66-79(75,76)50-27-47(71(73)74)52(54-53(50)64-36-65-54)63-35-58(59)17-22-68(23-18-58)38(3)4/h6-14,19,26-28,31-32,36-38,41,48,63H,15-18,20-25,29-30,33-35H2,1-5H3,(H,60,62)(H,64,65)(H,66,72). The zero-order valence-electron chi connectivity index (χ0n) is 45.4. The molecule has 11 rings (SSSR count). The predicted octanol–water partition coefficient (Wildman–Crippen LogP) is 9.72. The molecular formula is C58H69FN12O7S. The van der Waals surface area contributed by atoms with Crippen molar-refractivity contribution in [3.8, 4) is 17.2 Å². The number of hydrogen-bond donors (Lipinski definition) is 4. The number of H-pyrrole nitrogens is 2. The summed E-state index contributed by atoms with van der Waals surface area (Å²) in [5, 5.41) is 16.3. The van der Waals surface area contributed by atoms with Crippen LogP contribution < -0.4 is 24.4 Å². The van der Waals surface area contributed by atoms with Crippen LogP contribution in [0.1, 0.15) is 105 Å². The highest BCUT2D eigenvalue weighted by atomic mass is 32.2. The molecule has 0 bridgehead atoms. The second-order valence-corrected chi connectivity index (χ2v) is 24.3. The minimum Gasteiger partial charge on any atom is -0.497 e. The maximum absolute atomic E-state index is 16.1. The zero-order chi connectivity index (χ0) is 55.2. The number of piperazine rings is 1. The number of aromatic amines is 2. The molecule has 21 heteroatoms. The van der Waals surface area contributed by atoms with Gasteiger partial charge in [-0.25, -0.2) is 32.5 Å². The number of halogens is 1. The number of anilines is 2. The Morgan fingerprint density at radius 1 is 0.899 bits per heavy atom. The number of alkyl halides is 1. The number of nitrogens with one attached hydrogen (secondary N) is 4. The number of imidazole rings is 1. The third kappa shape index (κ3) is 11.1. The Morgan fingerprint density at radius 2 is 1.66 bits per heavy atom. The fourth-order valence-corrected chi connectivity index (χ4v) is 13.6. The van der Waals surface area contributed by atoms with E-state index in [2.05, 4.69) is 99.8 Å². The lowest BCUT2D eigenvalue weighted by Gasteiger charge is -2.58. The highest BCUT2D eigenvalue weighted by molar-refractivity contribution is 7.90. The molecule has 3 aromatic carbocycles. The Morgan fingerprint density at radius 3 is 2.38 bits per heavy atom. The molecule has 79 heavy (non-hydrogen) atoms. The van der Waals surface area contributed by atoms with Gasteiger partial charge in [-0.3, -0.25) is 24.7 Å². The van der Waals surface area contributed by atoms with Crippen LogP contribution in [0.4, 0.5) is 21.6 Å². The van der Waals surface area contributed by atoms with Gasteiger partial charge in [0.1, 0.15) is 56.0 Å². The molecule has 1 spiro atoms. The third-order valence-corrected chi connectivity index (χ3v) is 18.4. The van der Waals surface area contributed by atoms with E-state index in [1.165, 1.54) is 35.4 Å². The first-order valence-corrected chi connectivity index (χ1v) is 28.9. The molecule has 3 aliphatic heterocycles. The number of piperidine rings is 2. The van der Waals surface area contributed by atoms with Gasteiger partial charge < -0.3 is 34.6 Å². The van der Waals surface area contributed by atoms with Crippen molar-refractivity contribution >= 4 is 55.2 Å². The van der Waals surface area contributed by atoms with Crippen LogP contribution in [-0.2, 0) is 16.6 Å². The highest BCUT2D eigenvalue weighted by Gasteiger charge is 2.50. The predicted molar refractivity (Wildman–Crippen MR) is 301 cm³/mol. The lowest BCUT2D eigenvalue weighted by Crippen LogP contribution is -2.60. The monoisotopic (exact) mass is 1100 g/mol. The van der Waals surface area contributed by atoms with Gasteiger partial charge >= 0.3 is 0 Å². The highest BCUT2D eigenvalue weighted by Crippen LogP contribution is 2.53. The molecule has 4 fully saturated rings. The Bertz CT molecular complexity index is 3470. The number of carbonyl (C=O) groups excluding carboxylic acids is 1. The van der Waals surface area contributed by atoms with Gasteiger partial charge in [0.25, 0.3) is 21.6 Å². The number of likely N-dealkylation sites (tertiary alicyclic amines) is 1. The number of pyridine rings is 2. The van der Waals surface area contributed by atoms with Crippen molar-refractivity contribution in [3.63, 3.8) is 0 Å².